The minimum atomic E-state index is -0.628. The average Bonchev–Trinajstić information content (AvgIpc) is 2.85. The number of amides is 2. The van der Waals surface area contributed by atoms with Gasteiger partial charge in [-0.25, -0.2) is 4.39 Å². The Morgan fingerprint density at radius 1 is 0.647 bits per heavy atom. The highest BCUT2D eigenvalue weighted by molar-refractivity contribution is 6.11. The molecule has 0 unspecified atom stereocenters. The van der Waals surface area contributed by atoms with Crippen molar-refractivity contribution in [2.75, 3.05) is 10.6 Å². The fourth-order valence-electron chi connectivity index (χ4n) is 3.43. The summed E-state index contributed by atoms with van der Waals surface area (Å²) in [5, 5.41) is 5.45. The first-order valence-corrected chi connectivity index (χ1v) is 10.6. The summed E-state index contributed by atoms with van der Waals surface area (Å²) in [6.45, 7) is 1.78. The summed E-state index contributed by atoms with van der Waals surface area (Å²) in [6, 6.07) is 26.1. The highest BCUT2D eigenvalue weighted by Crippen LogP contribution is 2.21. The van der Waals surface area contributed by atoms with E-state index in [-0.39, 0.29) is 11.3 Å². The molecule has 0 saturated carbocycles. The van der Waals surface area contributed by atoms with E-state index in [0.717, 1.165) is 5.56 Å². The molecule has 4 aromatic rings. The molecule has 0 aliphatic heterocycles. The SMILES string of the molecule is Cc1ccc(C(=O)Nc2cccc(C(=O)c3ccccc3)c2)cc1NC(=O)c1ccccc1F. The molecular weight excluding hydrogens is 431 g/mol. The van der Waals surface area contributed by atoms with E-state index in [1.165, 1.54) is 24.3 Å². The maximum Gasteiger partial charge on any atom is 0.258 e. The Balaban J connectivity index is 1.51. The predicted molar refractivity (Wildman–Crippen MR) is 130 cm³/mol. The van der Waals surface area contributed by atoms with Gasteiger partial charge in [-0.15, -0.1) is 0 Å². The number of carbonyl (C=O) groups excluding carboxylic acids is 3. The first-order chi connectivity index (χ1) is 16.4. The van der Waals surface area contributed by atoms with E-state index in [1.54, 1.807) is 73.7 Å². The summed E-state index contributed by atoms with van der Waals surface area (Å²) in [4.78, 5) is 38.1. The summed E-state index contributed by atoms with van der Waals surface area (Å²) in [6.07, 6.45) is 0. The molecule has 34 heavy (non-hydrogen) atoms. The van der Waals surface area contributed by atoms with Gasteiger partial charge < -0.3 is 10.6 Å². The number of hydrogen-bond donors (Lipinski definition) is 2. The van der Waals surface area contributed by atoms with Crippen LogP contribution in [0.4, 0.5) is 15.8 Å². The molecule has 0 saturated heterocycles. The number of hydrogen-bond acceptors (Lipinski definition) is 3. The fraction of sp³-hybridized carbons (Fsp3) is 0.0357. The van der Waals surface area contributed by atoms with E-state index in [9.17, 15) is 18.8 Å². The molecule has 0 aliphatic carbocycles. The van der Waals surface area contributed by atoms with Gasteiger partial charge in [-0.05, 0) is 48.9 Å². The predicted octanol–water partition coefficient (Wildman–Crippen LogP) is 5.87. The summed E-state index contributed by atoms with van der Waals surface area (Å²) in [5.41, 5.74) is 2.80. The molecule has 0 aliphatic rings. The van der Waals surface area contributed by atoms with Crippen LogP contribution < -0.4 is 10.6 Å². The second-order valence-corrected chi connectivity index (χ2v) is 7.69. The molecule has 4 rings (SSSR count). The Morgan fingerprint density at radius 3 is 2.12 bits per heavy atom. The lowest BCUT2D eigenvalue weighted by atomic mass is 10.0. The number of anilines is 2. The highest BCUT2D eigenvalue weighted by Gasteiger charge is 2.15. The molecule has 2 N–H and O–H groups in total. The van der Waals surface area contributed by atoms with Crippen molar-refractivity contribution in [3.8, 4) is 0 Å². The van der Waals surface area contributed by atoms with Gasteiger partial charge in [-0.2, -0.15) is 0 Å². The molecule has 0 fully saturated rings. The van der Waals surface area contributed by atoms with E-state index in [2.05, 4.69) is 10.6 Å². The van der Waals surface area contributed by atoms with Crippen LogP contribution >= 0.6 is 0 Å². The van der Waals surface area contributed by atoms with E-state index in [0.29, 0.717) is 28.1 Å². The van der Waals surface area contributed by atoms with Crippen molar-refractivity contribution in [3.05, 3.63) is 131 Å². The minimum Gasteiger partial charge on any atom is -0.322 e. The summed E-state index contributed by atoms with van der Waals surface area (Å²) in [5.74, 6) is -1.79. The zero-order valence-electron chi connectivity index (χ0n) is 18.3. The Bertz CT molecular complexity index is 1380. The molecule has 4 aromatic carbocycles. The molecule has 5 nitrogen and oxygen atoms in total. The molecule has 0 radical (unpaired) electrons. The summed E-state index contributed by atoms with van der Waals surface area (Å²) in [7, 11) is 0. The van der Waals surface area contributed by atoms with E-state index in [1.807, 2.05) is 6.07 Å². The van der Waals surface area contributed by atoms with E-state index >= 15 is 0 Å². The third kappa shape index (κ3) is 5.07. The molecule has 0 bridgehead atoms. The van der Waals surface area contributed by atoms with Crippen LogP contribution in [-0.2, 0) is 0 Å². The Kier molecular flexibility index (Phi) is 6.59. The molecule has 0 heterocycles. The highest BCUT2D eigenvalue weighted by atomic mass is 19.1. The standard InChI is InChI=1S/C28H21FN2O3/c1-18-14-15-21(17-25(18)31-28(34)23-12-5-6-13-24(23)29)27(33)30-22-11-7-10-20(16-22)26(32)19-8-3-2-4-9-19/h2-17H,1H3,(H,30,33)(H,31,34). The largest absolute Gasteiger partial charge is 0.322 e. The maximum absolute atomic E-state index is 13.9. The zero-order valence-corrected chi connectivity index (χ0v) is 18.3. The lowest BCUT2D eigenvalue weighted by Crippen LogP contribution is -2.16. The smallest absolute Gasteiger partial charge is 0.258 e. The molecular formula is C28H21FN2O3. The first-order valence-electron chi connectivity index (χ1n) is 10.6. The van der Waals surface area contributed by atoms with Gasteiger partial charge in [0.05, 0.1) is 5.56 Å². The minimum absolute atomic E-state index is 0.0864. The first kappa shape index (κ1) is 22.6. The van der Waals surface area contributed by atoms with Crippen LogP contribution in [0.3, 0.4) is 0 Å². The van der Waals surface area contributed by atoms with E-state index < -0.39 is 17.6 Å². The third-order valence-corrected chi connectivity index (χ3v) is 5.29. The van der Waals surface area contributed by atoms with Gasteiger partial charge in [-0.3, -0.25) is 14.4 Å². The van der Waals surface area contributed by atoms with Gasteiger partial charge in [0.1, 0.15) is 5.82 Å². The number of aryl methyl sites for hydroxylation is 1. The third-order valence-electron chi connectivity index (χ3n) is 5.29. The van der Waals surface area contributed by atoms with Gasteiger partial charge in [0.2, 0.25) is 0 Å². The van der Waals surface area contributed by atoms with Crippen molar-refractivity contribution in [2.24, 2.45) is 0 Å². The van der Waals surface area contributed by atoms with Gasteiger partial charge in [0.25, 0.3) is 11.8 Å². The molecule has 0 spiro atoms. The van der Waals surface area contributed by atoms with Crippen molar-refractivity contribution in [1.82, 2.24) is 0 Å². The fourth-order valence-corrected chi connectivity index (χ4v) is 3.43. The Morgan fingerprint density at radius 2 is 1.35 bits per heavy atom. The molecule has 2 amide bonds. The number of benzene rings is 4. The Hall–Kier alpha value is -4.58. The molecule has 168 valence electrons. The van der Waals surface area contributed by atoms with Gasteiger partial charge in [0, 0.05) is 28.1 Å². The monoisotopic (exact) mass is 452 g/mol. The van der Waals surface area contributed by atoms with Crippen molar-refractivity contribution >= 4 is 29.0 Å². The lowest BCUT2D eigenvalue weighted by molar-refractivity contribution is 0.101. The summed E-state index contributed by atoms with van der Waals surface area (Å²) >= 11 is 0. The van der Waals surface area contributed by atoms with Crippen LogP contribution in [0.2, 0.25) is 0 Å². The number of rotatable bonds is 6. The van der Waals surface area contributed by atoms with Crippen molar-refractivity contribution in [1.29, 1.82) is 0 Å². The van der Waals surface area contributed by atoms with Crippen LogP contribution in [-0.4, -0.2) is 17.6 Å². The van der Waals surface area contributed by atoms with Crippen molar-refractivity contribution in [2.45, 2.75) is 6.92 Å². The van der Waals surface area contributed by atoms with Gasteiger partial charge in [0.15, 0.2) is 5.78 Å². The van der Waals surface area contributed by atoms with Crippen LogP contribution in [0.25, 0.3) is 0 Å². The molecule has 6 heteroatoms. The van der Waals surface area contributed by atoms with Crippen LogP contribution in [0.5, 0.6) is 0 Å². The number of ketones is 1. The second-order valence-electron chi connectivity index (χ2n) is 7.69. The number of halogens is 1. The lowest BCUT2D eigenvalue weighted by Gasteiger charge is -2.12. The van der Waals surface area contributed by atoms with Crippen LogP contribution in [0.15, 0.2) is 97.1 Å². The second kappa shape index (κ2) is 9.92. The normalized spacial score (nSPS) is 10.4. The Labute approximate surface area is 196 Å². The number of carbonyl (C=O) groups is 3. The molecule has 0 atom stereocenters. The van der Waals surface area contributed by atoms with Crippen LogP contribution in [0, 0.1) is 12.7 Å². The maximum atomic E-state index is 13.9. The van der Waals surface area contributed by atoms with Crippen LogP contribution in [0.1, 0.15) is 42.2 Å². The van der Waals surface area contributed by atoms with E-state index in [4.69, 9.17) is 0 Å². The number of nitrogens with one attached hydrogen (secondary N) is 2. The molecule has 0 aromatic heterocycles. The van der Waals surface area contributed by atoms with Crippen molar-refractivity contribution < 1.29 is 18.8 Å². The quantitative estimate of drug-likeness (QED) is 0.359. The average molecular weight is 452 g/mol. The summed E-state index contributed by atoms with van der Waals surface area (Å²) < 4.78 is 13.9. The topological polar surface area (TPSA) is 75.3 Å². The van der Waals surface area contributed by atoms with Crippen molar-refractivity contribution in [3.63, 3.8) is 0 Å². The zero-order chi connectivity index (χ0) is 24.1. The van der Waals surface area contributed by atoms with Gasteiger partial charge >= 0.3 is 0 Å². The van der Waals surface area contributed by atoms with Gasteiger partial charge in [-0.1, -0.05) is 60.7 Å².